The Morgan fingerprint density at radius 1 is 1.61 bits per heavy atom. The van der Waals surface area contributed by atoms with Crippen LogP contribution in [0, 0.1) is 6.92 Å². The van der Waals surface area contributed by atoms with Crippen molar-refractivity contribution in [3.05, 3.63) is 18.0 Å². The van der Waals surface area contributed by atoms with E-state index in [-0.39, 0.29) is 5.97 Å². The lowest BCUT2D eigenvalue weighted by atomic mass is 10.0. The summed E-state index contributed by atoms with van der Waals surface area (Å²) in [7, 11) is 0. The first kappa shape index (κ1) is 14.9. The van der Waals surface area contributed by atoms with Crippen LogP contribution in [0.2, 0.25) is 0 Å². The van der Waals surface area contributed by atoms with Crippen LogP contribution in [0.25, 0.3) is 0 Å². The molecule has 0 radical (unpaired) electrons. The van der Waals surface area contributed by atoms with Crippen LogP contribution in [0.5, 0.6) is 0 Å². The fourth-order valence-corrected chi connectivity index (χ4v) is 2.30. The fraction of sp³-hybridized carbons (Fsp3) is 0.583. The first-order chi connectivity index (χ1) is 8.45. The Morgan fingerprint density at radius 2 is 2.33 bits per heavy atom. The van der Waals surface area contributed by atoms with E-state index >= 15 is 0 Å². The molecule has 100 valence electrons. The summed E-state index contributed by atoms with van der Waals surface area (Å²) in [5.41, 5.74) is 5.88. The van der Waals surface area contributed by atoms with Crippen molar-refractivity contribution in [2.45, 2.75) is 37.9 Å². The molecule has 18 heavy (non-hydrogen) atoms. The summed E-state index contributed by atoms with van der Waals surface area (Å²) in [5.74, 6) is 0.311. The summed E-state index contributed by atoms with van der Waals surface area (Å²) in [6.07, 6.45) is 2.24. The van der Waals surface area contributed by atoms with Crippen LogP contribution in [0.3, 0.4) is 0 Å². The largest absolute Gasteiger partial charge is 0.465 e. The Morgan fingerprint density at radius 3 is 2.94 bits per heavy atom. The molecule has 0 amide bonds. The van der Waals surface area contributed by atoms with Gasteiger partial charge in [-0.25, -0.2) is 9.97 Å². The quantitative estimate of drug-likeness (QED) is 0.479. The van der Waals surface area contributed by atoms with Crippen molar-refractivity contribution in [3.63, 3.8) is 0 Å². The number of aromatic nitrogens is 2. The molecule has 1 aromatic heterocycles. The molecule has 0 aromatic carbocycles. The second-order valence-corrected chi connectivity index (χ2v) is 5.28. The molecule has 1 rings (SSSR count). The predicted octanol–water partition coefficient (Wildman–Crippen LogP) is 1.55. The van der Waals surface area contributed by atoms with Gasteiger partial charge in [0.05, 0.1) is 6.61 Å². The third-order valence-electron chi connectivity index (χ3n) is 2.37. The van der Waals surface area contributed by atoms with E-state index in [1.807, 2.05) is 13.0 Å². The zero-order valence-electron chi connectivity index (χ0n) is 11.0. The number of thioether (sulfide) groups is 1. The summed E-state index contributed by atoms with van der Waals surface area (Å²) in [6, 6.07) is 1.84. The molecule has 5 nitrogen and oxygen atoms in total. The Labute approximate surface area is 112 Å². The third kappa shape index (κ3) is 4.62. The maximum atomic E-state index is 11.6. The molecular formula is C12H19N3O2S. The highest BCUT2D eigenvalue weighted by Crippen LogP contribution is 2.18. The second kappa shape index (κ2) is 6.70. The lowest BCUT2D eigenvalue weighted by Gasteiger charge is -2.21. The topological polar surface area (TPSA) is 78.1 Å². The van der Waals surface area contributed by atoms with E-state index in [2.05, 4.69) is 9.97 Å². The molecule has 6 heteroatoms. The molecule has 0 aliphatic carbocycles. The smallest absolute Gasteiger partial charge is 0.325 e. The highest BCUT2D eigenvalue weighted by Gasteiger charge is 2.29. The molecule has 1 unspecified atom stereocenters. The van der Waals surface area contributed by atoms with Crippen molar-refractivity contribution >= 4 is 17.7 Å². The van der Waals surface area contributed by atoms with Gasteiger partial charge in [0.15, 0.2) is 5.16 Å². The van der Waals surface area contributed by atoms with Crippen molar-refractivity contribution in [3.8, 4) is 0 Å². The van der Waals surface area contributed by atoms with Gasteiger partial charge < -0.3 is 10.5 Å². The van der Waals surface area contributed by atoms with Gasteiger partial charge in [0, 0.05) is 17.6 Å². The van der Waals surface area contributed by atoms with Crippen LogP contribution in [0.1, 0.15) is 26.0 Å². The molecule has 0 fully saturated rings. The molecule has 0 spiro atoms. The van der Waals surface area contributed by atoms with Crippen molar-refractivity contribution < 1.29 is 9.53 Å². The van der Waals surface area contributed by atoms with Crippen LogP contribution < -0.4 is 5.73 Å². The maximum absolute atomic E-state index is 11.6. The van der Waals surface area contributed by atoms with Gasteiger partial charge in [-0.3, -0.25) is 4.79 Å². The monoisotopic (exact) mass is 269 g/mol. The zero-order valence-corrected chi connectivity index (χ0v) is 11.8. The lowest BCUT2D eigenvalue weighted by molar-refractivity contribution is -0.149. The number of hydrogen-bond donors (Lipinski definition) is 1. The standard InChI is InChI=1S/C12H19N3O2S/c1-4-17-10(16)12(3,13)6-8-18-11-14-7-5-9(2)15-11/h5,7H,4,6,8,13H2,1-3H3. The van der Waals surface area contributed by atoms with Crippen molar-refractivity contribution in [1.29, 1.82) is 0 Å². The number of hydrogen-bond acceptors (Lipinski definition) is 6. The van der Waals surface area contributed by atoms with Gasteiger partial charge in [0.1, 0.15) is 5.54 Å². The number of ether oxygens (including phenoxy) is 1. The Balaban J connectivity index is 2.43. The SMILES string of the molecule is CCOC(=O)C(C)(N)CCSc1nccc(C)n1. The normalized spacial score (nSPS) is 14.0. The number of nitrogens with two attached hydrogens (primary N) is 1. The highest BCUT2D eigenvalue weighted by atomic mass is 32.2. The number of aryl methyl sites for hydroxylation is 1. The third-order valence-corrected chi connectivity index (χ3v) is 3.23. The number of carbonyl (C=O) groups excluding carboxylic acids is 1. The van der Waals surface area contributed by atoms with E-state index in [1.54, 1.807) is 20.0 Å². The Bertz CT molecular complexity index is 410. The average molecular weight is 269 g/mol. The number of esters is 1. The highest BCUT2D eigenvalue weighted by molar-refractivity contribution is 7.99. The first-order valence-electron chi connectivity index (χ1n) is 5.84. The van der Waals surface area contributed by atoms with Crippen molar-refractivity contribution in [1.82, 2.24) is 9.97 Å². The minimum absolute atomic E-state index is 0.347. The summed E-state index contributed by atoms with van der Waals surface area (Å²) >= 11 is 1.49. The van der Waals surface area contributed by atoms with Crippen LogP contribution in [0.15, 0.2) is 17.4 Å². The van der Waals surface area contributed by atoms with E-state index in [1.165, 1.54) is 11.8 Å². The lowest BCUT2D eigenvalue weighted by Crippen LogP contribution is -2.46. The molecule has 1 atom stereocenters. The van der Waals surface area contributed by atoms with Crippen LogP contribution >= 0.6 is 11.8 Å². The van der Waals surface area contributed by atoms with Gasteiger partial charge in [-0.2, -0.15) is 0 Å². The van der Waals surface area contributed by atoms with E-state index in [0.29, 0.717) is 23.9 Å². The van der Waals surface area contributed by atoms with Gasteiger partial charge in [0.2, 0.25) is 0 Å². The van der Waals surface area contributed by atoms with Gasteiger partial charge in [-0.05, 0) is 33.3 Å². The summed E-state index contributed by atoms with van der Waals surface area (Å²) in [4.78, 5) is 20.0. The molecule has 0 bridgehead atoms. The van der Waals surface area contributed by atoms with Gasteiger partial charge >= 0.3 is 5.97 Å². The van der Waals surface area contributed by atoms with Crippen LogP contribution in [0.4, 0.5) is 0 Å². The van der Waals surface area contributed by atoms with Crippen molar-refractivity contribution in [2.24, 2.45) is 5.73 Å². The zero-order chi connectivity index (χ0) is 13.6. The van der Waals surface area contributed by atoms with Crippen molar-refractivity contribution in [2.75, 3.05) is 12.4 Å². The molecule has 0 saturated carbocycles. The minimum Gasteiger partial charge on any atom is -0.465 e. The minimum atomic E-state index is -0.952. The van der Waals surface area contributed by atoms with Crippen LogP contribution in [-0.2, 0) is 9.53 Å². The maximum Gasteiger partial charge on any atom is 0.325 e. The molecule has 0 aliphatic heterocycles. The fourth-order valence-electron chi connectivity index (χ4n) is 1.25. The predicted molar refractivity (Wildman–Crippen MR) is 71.3 cm³/mol. The average Bonchev–Trinajstić information content (AvgIpc) is 2.29. The van der Waals surface area contributed by atoms with E-state index in [9.17, 15) is 4.79 Å². The van der Waals surface area contributed by atoms with E-state index in [0.717, 1.165) is 5.69 Å². The molecule has 1 heterocycles. The summed E-state index contributed by atoms with van der Waals surface area (Å²) < 4.78 is 4.92. The van der Waals surface area contributed by atoms with E-state index in [4.69, 9.17) is 10.5 Å². The second-order valence-electron chi connectivity index (χ2n) is 4.22. The van der Waals surface area contributed by atoms with Crippen LogP contribution in [-0.4, -0.2) is 33.8 Å². The molecule has 1 aromatic rings. The molecule has 2 N–H and O–H groups in total. The Hall–Kier alpha value is -1.14. The summed E-state index contributed by atoms with van der Waals surface area (Å²) in [5, 5.41) is 0.703. The molecule has 0 saturated heterocycles. The summed E-state index contributed by atoms with van der Waals surface area (Å²) in [6.45, 7) is 5.71. The number of nitrogens with zero attached hydrogens (tertiary/aromatic N) is 2. The van der Waals surface area contributed by atoms with Gasteiger partial charge in [0.25, 0.3) is 0 Å². The van der Waals surface area contributed by atoms with Gasteiger partial charge in [-0.15, -0.1) is 0 Å². The number of rotatable bonds is 6. The molecular weight excluding hydrogens is 250 g/mol. The van der Waals surface area contributed by atoms with E-state index < -0.39 is 5.54 Å². The Kier molecular flexibility index (Phi) is 5.55. The number of carbonyl (C=O) groups is 1. The molecule has 0 aliphatic rings. The first-order valence-corrected chi connectivity index (χ1v) is 6.83. The van der Waals surface area contributed by atoms with Gasteiger partial charge in [-0.1, -0.05) is 11.8 Å².